The molecule has 1 amide bonds. The van der Waals surface area contributed by atoms with E-state index in [4.69, 9.17) is 21.3 Å². The molecule has 0 saturated carbocycles. The first-order valence-electron chi connectivity index (χ1n) is 13.1. The van der Waals surface area contributed by atoms with Gasteiger partial charge in [-0.2, -0.15) is 0 Å². The van der Waals surface area contributed by atoms with Crippen LogP contribution in [0.4, 0.5) is 23.0 Å². The van der Waals surface area contributed by atoms with Gasteiger partial charge in [0.05, 0.1) is 34.7 Å². The molecule has 40 heavy (non-hydrogen) atoms. The van der Waals surface area contributed by atoms with Gasteiger partial charge in [-0.05, 0) is 51.2 Å². The summed E-state index contributed by atoms with van der Waals surface area (Å²) >= 11 is 6.21. The third-order valence-corrected chi connectivity index (χ3v) is 7.46. The molecule has 1 aliphatic heterocycles. The maximum absolute atomic E-state index is 12.4. The molecule has 4 aromatic rings. The Morgan fingerprint density at radius 1 is 1.18 bits per heavy atom. The van der Waals surface area contributed by atoms with Crippen LogP contribution in [-0.4, -0.2) is 66.1 Å². The van der Waals surface area contributed by atoms with E-state index in [1.165, 1.54) is 6.08 Å². The SMILES string of the molecule is C=CC(=O)Nc1cc(Nc2ncc3cccc(-c4cncc(Cl)c4)c3n2)c(OC)cc1N(C)C1CCN(C)CC1. The summed E-state index contributed by atoms with van der Waals surface area (Å²) in [6.07, 6.45) is 8.43. The number of hydrogen-bond acceptors (Lipinski definition) is 8. The average molecular weight is 558 g/mol. The number of halogens is 1. The van der Waals surface area contributed by atoms with Crippen molar-refractivity contribution in [3.05, 3.63) is 72.7 Å². The van der Waals surface area contributed by atoms with Gasteiger partial charge in [-0.3, -0.25) is 9.78 Å². The number of fused-ring (bicyclic) bond motifs is 1. The van der Waals surface area contributed by atoms with Crippen molar-refractivity contribution in [1.29, 1.82) is 0 Å². The fourth-order valence-electron chi connectivity index (χ4n) is 5.02. The number of carbonyl (C=O) groups excluding carboxylic acids is 1. The van der Waals surface area contributed by atoms with Crippen LogP contribution in [0.3, 0.4) is 0 Å². The maximum Gasteiger partial charge on any atom is 0.247 e. The first kappa shape index (κ1) is 27.4. The monoisotopic (exact) mass is 557 g/mol. The maximum atomic E-state index is 12.4. The molecule has 2 aromatic carbocycles. The molecule has 0 radical (unpaired) electrons. The largest absolute Gasteiger partial charge is 0.494 e. The molecule has 206 valence electrons. The predicted molar refractivity (Wildman–Crippen MR) is 162 cm³/mol. The van der Waals surface area contributed by atoms with E-state index in [0.717, 1.165) is 53.6 Å². The highest BCUT2D eigenvalue weighted by atomic mass is 35.5. The van der Waals surface area contributed by atoms with E-state index in [9.17, 15) is 4.79 Å². The number of aromatic nitrogens is 3. The van der Waals surface area contributed by atoms with Crippen molar-refractivity contribution in [3.8, 4) is 16.9 Å². The van der Waals surface area contributed by atoms with Crippen molar-refractivity contribution in [2.24, 2.45) is 0 Å². The number of piperidine rings is 1. The second-order valence-electron chi connectivity index (χ2n) is 9.86. The predicted octanol–water partition coefficient (Wildman–Crippen LogP) is 5.75. The number of carbonyl (C=O) groups is 1. The van der Waals surface area contributed by atoms with Crippen LogP contribution in [0, 0.1) is 0 Å². The number of ether oxygens (including phenoxy) is 1. The van der Waals surface area contributed by atoms with Gasteiger partial charge in [0.15, 0.2) is 0 Å². The molecule has 0 unspecified atom stereocenters. The summed E-state index contributed by atoms with van der Waals surface area (Å²) in [5.41, 5.74) is 4.61. The van der Waals surface area contributed by atoms with Crippen LogP contribution < -0.4 is 20.3 Å². The van der Waals surface area contributed by atoms with Gasteiger partial charge in [0, 0.05) is 54.3 Å². The second kappa shape index (κ2) is 11.9. The first-order valence-corrected chi connectivity index (χ1v) is 13.4. The highest BCUT2D eigenvalue weighted by Gasteiger charge is 2.24. The molecule has 9 nitrogen and oxygen atoms in total. The molecule has 10 heteroatoms. The van der Waals surface area contributed by atoms with E-state index in [-0.39, 0.29) is 5.91 Å². The van der Waals surface area contributed by atoms with E-state index >= 15 is 0 Å². The zero-order valence-electron chi connectivity index (χ0n) is 22.8. The topological polar surface area (TPSA) is 95.5 Å². The zero-order chi connectivity index (χ0) is 28.2. The Kier molecular flexibility index (Phi) is 8.14. The number of pyridine rings is 1. The minimum absolute atomic E-state index is 0.295. The number of amides is 1. The van der Waals surface area contributed by atoms with Crippen molar-refractivity contribution in [1.82, 2.24) is 19.9 Å². The van der Waals surface area contributed by atoms with Crippen molar-refractivity contribution in [2.75, 3.05) is 49.8 Å². The molecule has 0 spiro atoms. The van der Waals surface area contributed by atoms with Gasteiger partial charge in [-0.25, -0.2) is 9.97 Å². The number of anilines is 4. The molecule has 1 aliphatic rings. The van der Waals surface area contributed by atoms with Crippen LogP contribution in [0.25, 0.3) is 22.0 Å². The molecule has 1 saturated heterocycles. The average Bonchev–Trinajstić information content (AvgIpc) is 2.97. The van der Waals surface area contributed by atoms with Crippen LogP contribution in [0.5, 0.6) is 5.75 Å². The number of methoxy groups -OCH3 is 1. The molecule has 5 rings (SSSR count). The van der Waals surface area contributed by atoms with Gasteiger partial charge in [0.1, 0.15) is 5.75 Å². The Labute approximate surface area is 238 Å². The molecule has 2 N–H and O–H groups in total. The molecule has 1 fully saturated rings. The second-order valence-corrected chi connectivity index (χ2v) is 10.3. The van der Waals surface area contributed by atoms with Crippen LogP contribution in [0.15, 0.2) is 67.6 Å². The van der Waals surface area contributed by atoms with E-state index in [1.54, 1.807) is 25.7 Å². The van der Waals surface area contributed by atoms with Gasteiger partial charge in [-0.1, -0.05) is 36.4 Å². The molecular formula is C30H32ClN7O2. The Hall–Kier alpha value is -4.21. The van der Waals surface area contributed by atoms with Crippen molar-refractivity contribution in [3.63, 3.8) is 0 Å². The van der Waals surface area contributed by atoms with Crippen LogP contribution in [0.2, 0.25) is 5.02 Å². The number of rotatable bonds is 8. The third-order valence-electron chi connectivity index (χ3n) is 7.25. The summed E-state index contributed by atoms with van der Waals surface area (Å²) in [4.78, 5) is 30.5. The molecule has 2 aromatic heterocycles. The smallest absolute Gasteiger partial charge is 0.247 e. The van der Waals surface area contributed by atoms with Gasteiger partial charge < -0.3 is 25.2 Å². The number of likely N-dealkylation sites (tertiary alicyclic amines) is 1. The van der Waals surface area contributed by atoms with Gasteiger partial charge in [0.2, 0.25) is 11.9 Å². The summed E-state index contributed by atoms with van der Waals surface area (Å²) < 4.78 is 5.78. The Morgan fingerprint density at radius 3 is 2.70 bits per heavy atom. The number of para-hydroxylation sites is 1. The molecule has 3 heterocycles. The van der Waals surface area contributed by atoms with E-state index in [1.807, 2.05) is 36.4 Å². The fraction of sp³-hybridized carbons (Fsp3) is 0.267. The summed E-state index contributed by atoms with van der Waals surface area (Å²) in [5, 5.41) is 7.69. The minimum Gasteiger partial charge on any atom is -0.494 e. The lowest BCUT2D eigenvalue weighted by Gasteiger charge is -2.37. The quantitative estimate of drug-likeness (QED) is 0.264. The summed E-state index contributed by atoms with van der Waals surface area (Å²) in [7, 11) is 5.81. The van der Waals surface area contributed by atoms with Gasteiger partial charge >= 0.3 is 0 Å². The minimum atomic E-state index is -0.295. The number of benzene rings is 2. The lowest BCUT2D eigenvalue weighted by molar-refractivity contribution is -0.111. The van der Waals surface area contributed by atoms with Crippen molar-refractivity contribution >= 4 is 51.4 Å². The van der Waals surface area contributed by atoms with Crippen molar-refractivity contribution in [2.45, 2.75) is 18.9 Å². The highest BCUT2D eigenvalue weighted by molar-refractivity contribution is 6.30. The Balaban J connectivity index is 1.53. The van der Waals surface area contributed by atoms with E-state index in [2.05, 4.69) is 51.1 Å². The molecule has 0 aliphatic carbocycles. The number of hydrogen-bond donors (Lipinski definition) is 2. The summed E-state index contributed by atoms with van der Waals surface area (Å²) in [5.74, 6) is 0.684. The molecular weight excluding hydrogens is 526 g/mol. The third kappa shape index (κ3) is 5.85. The van der Waals surface area contributed by atoms with E-state index in [0.29, 0.717) is 34.1 Å². The highest BCUT2D eigenvalue weighted by Crippen LogP contribution is 2.39. The van der Waals surface area contributed by atoms with Gasteiger partial charge in [0.25, 0.3) is 0 Å². The number of nitrogens with zero attached hydrogens (tertiary/aromatic N) is 5. The Morgan fingerprint density at radius 2 is 1.98 bits per heavy atom. The van der Waals surface area contributed by atoms with Crippen LogP contribution in [0.1, 0.15) is 12.8 Å². The normalized spacial score (nSPS) is 14.1. The first-order chi connectivity index (χ1) is 19.4. The lowest BCUT2D eigenvalue weighted by Crippen LogP contribution is -2.42. The lowest BCUT2D eigenvalue weighted by atomic mass is 10.0. The summed E-state index contributed by atoms with van der Waals surface area (Å²) in [6.45, 7) is 5.66. The van der Waals surface area contributed by atoms with Gasteiger partial charge in [-0.15, -0.1) is 0 Å². The van der Waals surface area contributed by atoms with E-state index < -0.39 is 0 Å². The molecule has 0 bridgehead atoms. The van der Waals surface area contributed by atoms with Crippen LogP contribution >= 0.6 is 11.6 Å². The standard InChI is InChI=1S/C30H32ClN7O2/c1-5-28(39)34-24-14-25(27(40-4)15-26(24)38(3)22-9-11-37(2)12-10-22)35-30-33-17-19-7-6-8-23(29(19)36-30)20-13-21(31)18-32-16-20/h5-8,13-18,22H,1,9-12H2,2-4H3,(H,34,39)(H,33,35,36). The van der Waals surface area contributed by atoms with Crippen molar-refractivity contribution < 1.29 is 9.53 Å². The summed E-state index contributed by atoms with van der Waals surface area (Å²) in [6, 6.07) is 11.9. The zero-order valence-corrected chi connectivity index (χ0v) is 23.6. The fourth-order valence-corrected chi connectivity index (χ4v) is 5.19. The van der Waals surface area contributed by atoms with Crippen LogP contribution in [-0.2, 0) is 4.79 Å². The number of nitrogens with one attached hydrogen (secondary N) is 2. The Bertz CT molecular complexity index is 1550. The molecule has 0 atom stereocenters.